The normalized spacial score (nSPS) is 20.1. The minimum absolute atomic E-state index is 0.0452. The molecule has 0 N–H and O–H groups in total. The van der Waals surface area contributed by atoms with E-state index in [4.69, 9.17) is 27.5 Å². The topological polar surface area (TPSA) is 72.5 Å². The van der Waals surface area contributed by atoms with Gasteiger partial charge in [-0.3, -0.25) is 13.6 Å². The molecule has 0 amide bonds. The van der Waals surface area contributed by atoms with Crippen LogP contribution >= 0.6 is 7.82 Å². The molecule has 216 valence electrons. The summed E-state index contributed by atoms with van der Waals surface area (Å²) in [6.45, 7) is 11.5. The molecule has 0 spiro atoms. The zero-order valence-electron chi connectivity index (χ0n) is 24.0. The second kappa shape index (κ2) is 13.7. The summed E-state index contributed by atoms with van der Waals surface area (Å²) >= 11 is 0. The molecule has 1 saturated heterocycles. The first-order valence-electron chi connectivity index (χ1n) is 13.7. The molecule has 1 unspecified atom stereocenters. The van der Waals surface area contributed by atoms with E-state index in [0.717, 1.165) is 16.7 Å². The average Bonchev–Trinajstić information content (AvgIpc) is 3.37. The van der Waals surface area contributed by atoms with Gasteiger partial charge in [0.15, 0.2) is 14.6 Å². The molecule has 1 heterocycles. The number of benzene rings is 3. The molecule has 1 aliphatic heterocycles. The van der Waals surface area contributed by atoms with Gasteiger partial charge < -0.3 is 13.9 Å². The Kier molecular flexibility index (Phi) is 10.5. The van der Waals surface area contributed by atoms with Crippen molar-refractivity contribution in [1.29, 1.82) is 0 Å². The van der Waals surface area contributed by atoms with Crippen molar-refractivity contribution < 1.29 is 32.0 Å². The van der Waals surface area contributed by atoms with Crippen LogP contribution in [-0.2, 0) is 45.2 Å². The van der Waals surface area contributed by atoms with Crippen molar-refractivity contribution in [3.8, 4) is 0 Å². The quantitative estimate of drug-likeness (QED) is 0.149. The second-order valence-corrected chi connectivity index (χ2v) is 17.9. The summed E-state index contributed by atoms with van der Waals surface area (Å²) in [5, 5.41) is 0.0452. The summed E-state index contributed by atoms with van der Waals surface area (Å²) in [4.78, 5) is 0. The van der Waals surface area contributed by atoms with E-state index in [9.17, 15) is 4.57 Å². The zero-order chi connectivity index (χ0) is 28.6. The van der Waals surface area contributed by atoms with Crippen LogP contribution in [0.3, 0.4) is 0 Å². The Balaban J connectivity index is 1.47. The first kappa shape index (κ1) is 30.8. The third-order valence-electron chi connectivity index (χ3n) is 7.36. The highest BCUT2D eigenvalue weighted by Crippen LogP contribution is 2.51. The number of ether oxygens (including phenoxy) is 2. The molecule has 1 fully saturated rings. The third-order valence-corrected chi connectivity index (χ3v) is 13.2. The molecule has 0 saturated carbocycles. The minimum Gasteiger partial charge on any atom is -0.414 e. The Morgan fingerprint density at radius 2 is 1.15 bits per heavy atom. The number of phosphoric acid groups is 1. The first-order valence-corrected chi connectivity index (χ1v) is 18.0. The minimum atomic E-state index is -3.97. The van der Waals surface area contributed by atoms with Crippen LogP contribution in [0, 0.1) is 0 Å². The highest BCUT2D eigenvalue weighted by molar-refractivity contribution is 7.48. The molecule has 0 bridgehead atoms. The van der Waals surface area contributed by atoms with E-state index < -0.39 is 34.6 Å². The lowest BCUT2D eigenvalue weighted by Gasteiger charge is -2.37. The van der Waals surface area contributed by atoms with Crippen molar-refractivity contribution >= 4 is 16.1 Å². The molecule has 9 heteroatoms. The van der Waals surface area contributed by atoms with E-state index in [-0.39, 0.29) is 24.9 Å². The van der Waals surface area contributed by atoms with Gasteiger partial charge in [0.25, 0.3) is 0 Å². The van der Waals surface area contributed by atoms with E-state index in [1.54, 1.807) is 0 Å². The van der Waals surface area contributed by atoms with Gasteiger partial charge in [-0.1, -0.05) is 112 Å². The predicted molar refractivity (Wildman–Crippen MR) is 158 cm³/mol. The van der Waals surface area contributed by atoms with Gasteiger partial charge in [-0.05, 0) is 29.3 Å². The van der Waals surface area contributed by atoms with E-state index in [1.165, 1.54) is 0 Å². The van der Waals surface area contributed by atoms with Crippen molar-refractivity contribution in [2.24, 2.45) is 0 Å². The van der Waals surface area contributed by atoms with Crippen molar-refractivity contribution in [2.75, 3.05) is 13.2 Å². The summed E-state index contributed by atoms with van der Waals surface area (Å²) in [7, 11) is -6.01. The van der Waals surface area contributed by atoms with Crippen LogP contribution in [0.15, 0.2) is 91.0 Å². The monoisotopic (exact) mass is 584 g/mol. The Labute approximate surface area is 239 Å². The number of phosphoric ester groups is 1. The van der Waals surface area contributed by atoms with Crippen LogP contribution in [0.2, 0.25) is 18.1 Å². The zero-order valence-corrected chi connectivity index (χ0v) is 25.9. The van der Waals surface area contributed by atoms with E-state index in [2.05, 4.69) is 33.9 Å². The standard InChI is InChI=1S/C31H41O7PSi/c1-31(2,3)40(4,5)36-24-29-28(37-30(38-29)27-19-13-8-14-20-27)23-35-39(32,33-21-25-15-9-6-10-16-25)34-22-26-17-11-7-12-18-26/h6-20,28-30H,21-24H2,1-5H3/t28-,29-,30?/m0/s1. The van der Waals surface area contributed by atoms with E-state index in [1.807, 2.05) is 91.0 Å². The van der Waals surface area contributed by atoms with Crippen LogP contribution < -0.4 is 0 Å². The molecular weight excluding hydrogens is 543 g/mol. The molecule has 3 atom stereocenters. The van der Waals surface area contributed by atoms with Crippen LogP contribution in [0.5, 0.6) is 0 Å². The molecular formula is C31H41O7PSi. The molecule has 3 aromatic rings. The number of rotatable bonds is 13. The summed E-state index contributed by atoms with van der Waals surface area (Å²) in [5.41, 5.74) is 2.62. The van der Waals surface area contributed by atoms with Gasteiger partial charge in [-0.25, -0.2) is 4.57 Å². The summed E-state index contributed by atoms with van der Waals surface area (Å²) in [6.07, 6.45) is -1.54. The molecule has 7 nitrogen and oxygen atoms in total. The van der Waals surface area contributed by atoms with Crippen molar-refractivity contribution in [1.82, 2.24) is 0 Å². The second-order valence-electron chi connectivity index (χ2n) is 11.4. The smallest absolute Gasteiger partial charge is 0.414 e. The molecule has 1 aliphatic rings. The highest BCUT2D eigenvalue weighted by Gasteiger charge is 2.43. The van der Waals surface area contributed by atoms with Crippen LogP contribution in [0.4, 0.5) is 0 Å². The molecule has 0 aliphatic carbocycles. The Morgan fingerprint density at radius 3 is 1.62 bits per heavy atom. The van der Waals surface area contributed by atoms with Crippen molar-refractivity contribution in [2.45, 2.75) is 70.6 Å². The Morgan fingerprint density at radius 1 is 0.700 bits per heavy atom. The van der Waals surface area contributed by atoms with Gasteiger partial charge in [0, 0.05) is 5.56 Å². The van der Waals surface area contributed by atoms with Gasteiger partial charge >= 0.3 is 7.82 Å². The van der Waals surface area contributed by atoms with Crippen molar-refractivity contribution in [3.63, 3.8) is 0 Å². The molecule has 0 aromatic heterocycles. The maximum atomic E-state index is 13.8. The van der Waals surface area contributed by atoms with Gasteiger partial charge in [0.2, 0.25) is 0 Å². The fraction of sp³-hybridized carbons (Fsp3) is 0.419. The fourth-order valence-electron chi connectivity index (χ4n) is 3.82. The SMILES string of the molecule is CC(C)(C)[Si](C)(C)OC[C@@H]1OC(c2ccccc2)O[C@H]1COP(=O)(OCc1ccccc1)OCc1ccccc1. The lowest BCUT2D eigenvalue weighted by Crippen LogP contribution is -2.44. The molecule has 3 aromatic carbocycles. The lowest BCUT2D eigenvalue weighted by molar-refractivity contribution is -0.0769. The van der Waals surface area contributed by atoms with Crippen LogP contribution in [0.25, 0.3) is 0 Å². The van der Waals surface area contributed by atoms with Crippen molar-refractivity contribution in [3.05, 3.63) is 108 Å². The molecule has 40 heavy (non-hydrogen) atoms. The third kappa shape index (κ3) is 8.68. The molecule has 0 radical (unpaired) electrons. The van der Waals surface area contributed by atoms with Gasteiger partial charge in [-0.2, -0.15) is 0 Å². The lowest BCUT2D eigenvalue weighted by atomic mass is 10.2. The summed E-state index contributed by atoms with van der Waals surface area (Å²) in [5.74, 6) is 0. The Hall–Kier alpha value is -2.13. The Bertz CT molecular complexity index is 1170. The van der Waals surface area contributed by atoms with Crippen LogP contribution in [-0.4, -0.2) is 33.7 Å². The van der Waals surface area contributed by atoms with E-state index >= 15 is 0 Å². The van der Waals surface area contributed by atoms with Gasteiger partial charge in [0.1, 0.15) is 12.2 Å². The van der Waals surface area contributed by atoms with E-state index in [0.29, 0.717) is 6.61 Å². The first-order chi connectivity index (χ1) is 19.0. The van der Waals surface area contributed by atoms with Gasteiger partial charge in [-0.15, -0.1) is 0 Å². The number of hydrogen-bond donors (Lipinski definition) is 0. The maximum Gasteiger partial charge on any atom is 0.475 e. The average molecular weight is 585 g/mol. The number of hydrogen-bond acceptors (Lipinski definition) is 7. The van der Waals surface area contributed by atoms with Gasteiger partial charge in [0.05, 0.1) is 26.4 Å². The summed E-state index contributed by atoms with van der Waals surface area (Å²) < 4.78 is 50.4. The largest absolute Gasteiger partial charge is 0.475 e. The van der Waals surface area contributed by atoms with Crippen LogP contribution in [0.1, 0.15) is 43.8 Å². The predicted octanol–water partition coefficient (Wildman–Crippen LogP) is 8.05. The molecule has 4 rings (SSSR count). The highest BCUT2D eigenvalue weighted by atomic mass is 31.2. The summed E-state index contributed by atoms with van der Waals surface area (Å²) in [6, 6.07) is 28.7. The maximum absolute atomic E-state index is 13.8. The fourth-order valence-corrected chi connectivity index (χ4v) is 6.01.